The molecule has 0 unspecified atom stereocenters. The van der Waals surface area contributed by atoms with E-state index in [1.54, 1.807) is 60.9 Å². The van der Waals surface area contributed by atoms with E-state index in [4.69, 9.17) is 4.74 Å². The van der Waals surface area contributed by atoms with Crippen LogP contribution in [0.25, 0.3) is 11.1 Å². The van der Waals surface area contributed by atoms with E-state index in [2.05, 4.69) is 20.6 Å². The molecule has 4 rings (SSSR count). The highest BCUT2D eigenvalue weighted by atomic mass is 19.1. The Kier molecular flexibility index (Phi) is 6.36. The molecule has 7 heteroatoms. The van der Waals surface area contributed by atoms with Crippen LogP contribution in [-0.2, 0) is 0 Å². The van der Waals surface area contributed by atoms with E-state index in [9.17, 15) is 9.18 Å². The molecule has 0 aliphatic heterocycles. The molecule has 32 heavy (non-hydrogen) atoms. The molecule has 3 aromatic carbocycles. The number of aromatic nitrogens is 2. The van der Waals surface area contributed by atoms with Crippen LogP contribution in [0.1, 0.15) is 17.3 Å². The molecule has 0 radical (unpaired) electrons. The number of amides is 1. The van der Waals surface area contributed by atoms with Crippen LogP contribution in [0.15, 0.2) is 85.2 Å². The Labute approximate surface area is 185 Å². The molecule has 1 aromatic heterocycles. The van der Waals surface area contributed by atoms with Crippen LogP contribution in [0.5, 0.6) is 5.75 Å². The second-order valence-corrected chi connectivity index (χ2v) is 6.92. The van der Waals surface area contributed by atoms with Crippen molar-refractivity contribution in [1.82, 2.24) is 9.97 Å². The van der Waals surface area contributed by atoms with Gasteiger partial charge in [0.15, 0.2) is 0 Å². The van der Waals surface area contributed by atoms with Crippen LogP contribution < -0.4 is 15.4 Å². The molecule has 0 saturated carbocycles. The van der Waals surface area contributed by atoms with Crippen molar-refractivity contribution < 1.29 is 13.9 Å². The monoisotopic (exact) mass is 428 g/mol. The normalized spacial score (nSPS) is 10.4. The second-order valence-electron chi connectivity index (χ2n) is 6.92. The number of hydrogen-bond acceptors (Lipinski definition) is 5. The minimum absolute atomic E-state index is 0.212. The van der Waals surface area contributed by atoms with Crippen molar-refractivity contribution in [3.05, 3.63) is 96.6 Å². The van der Waals surface area contributed by atoms with Gasteiger partial charge in [-0.3, -0.25) is 4.79 Å². The first-order valence-corrected chi connectivity index (χ1v) is 10.1. The summed E-state index contributed by atoms with van der Waals surface area (Å²) >= 11 is 0. The zero-order chi connectivity index (χ0) is 22.3. The average molecular weight is 428 g/mol. The Balaban J connectivity index is 1.37. The lowest BCUT2D eigenvalue weighted by molar-refractivity contribution is 0.102. The Bertz CT molecular complexity index is 1190. The number of anilines is 3. The van der Waals surface area contributed by atoms with E-state index in [1.165, 1.54) is 12.1 Å². The molecule has 0 spiro atoms. The van der Waals surface area contributed by atoms with E-state index in [-0.39, 0.29) is 11.7 Å². The van der Waals surface area contributed by atoms with Gasteiger partial charge in [-0.05, 0) is 73.2 Å². The maximum Gasteiger partial charge on any atom is 0.255 e. The predicted molar refractivity (Wildman–Crippen MR) is 123 cm³/mol. The van der Waals surface area contributed by atoms with Gasteiger partial charge >= 0.3 is 0 Å². The van der Waals surface area contributed by atoms with Crippen LogP contribution in [0.4, 0.5) is 21.7 Å². The Hall–Kier alpha value is -4.26. The third kappa shape index (κ3) is 5.26. The zero-order valence-corrected chi connectivity index (χ0v) is 17.4. The highest BCUT2D eigenvalue weighted by Crippen LogP contribution is 2.21. The smallest absolute Gasteiger partial charge is 0.255 e. The Morgan fingerprint density at radius 3 is 2.25 bits per heavy atom. The number of hydrogen-bond donors (Lipinski definition) is 2. The summed E-state index contributed by atoms with van der Waals surface area (Å²) < 4.78 is 18.8. The number of carbonyl (C=O) groups is 1. The summed E-state index contributed by atoms with van der Waals surface area (Å²) in [6.07, 6.45) is 3.26. The number of carbonyl (C=O) groups excluding carboxylic acids is 1. The first kappa shape index (κ1) is 21.0. The number of benzene rings is 3. The zero-order valence-electron chi connectivity index (χ0n) is 17.4. The molecule has 6 nitrogen and oxygen atoms in total. The van der Waals surface area contributed by atoms with Gasteiger partial charge < -0.3 is 15.4 Å². The predicted octanol–water partition coefficient (Wildman–Crippen LogP) is 5.68. The number of rotatable bonds is 7. The fourth-order valence-corrected chi connectivity index (χ4v) is 3.05. The summed E-state index contributed by atoms with van der Waals surface area (Å²) in [4.78, 5) is 21.0. The fourth-order valence-electron chi connectivity index (χ4n) is 3.05. The molecule has 2 N–H and O–H groups in total. The van der Waals surface area contributed by atoms with Gasteiger partial charge in [0.05, 0.1) is 6.61 Å². The highest BCUT2D eigenvalue weighted by molar-refractivity contribution is 6.04. The van der Waals surface area contributed by atoms with Crippen molar-refractivity contribution in [2.75, 3.05) is 17.2 Å². The molecule has 0 saturated heterocycles. The maximum atomic E-state index is 13.4. The third-order valence-electron chi connectivity index (χ3n) is 4.64. The van der Waals surface area contributed by atoms with Gasteiger partial charge in [0, 0.05) is 34.9 Å². The van der Waals surface area contributed by atoms with Crippen molar-refractivity contribution in [2.24, 2.45) is 0 Å². The van der Waals surface area contributed by atoms with Gasteiger partial charge in [0.25, 0.3) is 5.91 Å². The van der Waals surface area contributed by atoms with Gasteiger partial charge in [-0.2, -0.15) is 0 Å². The van der Waals surface area contributed by atoms with Crippen LogP contribution in [0.3, 0.4) is 0 Å². The fraction of sp³-hybridized carbons (Fsp3) is 0.0800. The minimum Gasteiger partial charge on any atom is -0.494 e. The SMILES string of the molecule is CCOc1ccc(NC(=O)c2ccc(Nc3ncc(-c4cccc(F)c4)cn3)cc2)cc1. The molecule has 1 heterocycles. The molecular weight excluding hydrogens is 407 g/mol. The summed E-state index contributed by atoms with van der Waals surface area (Å²) in [5, 5.41) is 5.94. The molecule has 0 aliphatic carbocycles. The van der Waals surface area contributed by atoms with Gasteiger partial charge in [-0.25, -0.2) is 14.4 Å². The lowest BCUT2D eigenvalue weighted by atomic mass is 10.1. The maximum absolute atomic E-state index is 13.4. The molecule has 1 amide bonds. The molecule has 0 fully saturated rings. The lowest BCUT2D eigenvalue weighted by Gasteiger charge is -2.09. The van der Waals surface area contributed by atoms with Gasteiger partial charge in [0.1, 0.15) is 11.6 Å². The molecule has 0 bridgehead atoms. The summed E-state index contributed by atoms with van der Waals surface area (Å²) in [6, 6.07) is 20.5. The summed E-state index contributed by atoms with van der Waals surface area (Å²) in [6.45, 7) is 2.51. The van der Waals surface area contributed by atoms with Crippen molar-refractivity contribution in [3.63, 3.8) is 0 Å². The quantitative estimate of drug-likeness (QED) is 0.396. The van der Waals surface area contributed by atoms with E-state index in [0.29, 0.717) is 29.4 Å². The second kappa shape index (κ2) is 9.70. The Morgan fingerprint density at radius 1 is 0.906 bits per heavy atom. The molecular formula is C25H21FN4O2. The molecule has 160 valence electrons. The highest BCUT2D eigenvalue weighted by Gasteiger charge is 2.07. The van der Waals surface area contributed by atoms with Crippen LogP contribution >= 0.6 is 0 Å². The van der Waals surface area contributed by atoms with Crippen LogP contribution in [0.2, 0.25) is 0 Å². The minimum atomic E-state index is -0.309. The molecule has 0 atom stereocenters. The van der Waals surface area contributed by atoms with Gasteiger partial charge in [-0.1, -0.05) is 12.1 Å². The first-order valence-electron chi connectivity index (χ1n) is 10.1. The van der Waals surface area contributed by atoms with Crippen LogP contribution in [0, 0.1) is 5.82 Å². The lowest BCUT2D eigenvalue weighted by Crippen LogP contribution is -2.11. The van der Waals surface area contributed by atoms with E-state index < -0.39 is 0 Å². The Morgan fingerprint density at radius 2 is 1.59 bits per heavy atom. The summed E-state index contributed by atoms with van der Waals surface area (Å²) in [5.74, 6) is 0.636. The molecule has 4 aromatic rings. The van der Waals surface area contributed by atoms with E-state index in [1.807, 2.05) is 19.1 Å². The van der Waals surface area contributed by atoms with Crippen molar-refractivity contribution in [1.29, 1.82) is 0 Å². The van der Waals surface area contributed by atoms with Gasteiger partial charge in [0.2, 0.25) is 5.95 Å². The average Bonchev–Trinajstić information content (AvgIpc) is 2.81. The largest absolute Gasteiger partial charge is 0.494 e. The number of halogens is 1. The van der Waals surface area contributed by atoms with E-state index in [0.717, 1.165) is 17.0 Å². The van der Waals surface area contributed by atoms with Crippen molar-refractivity contribution in [2.45, 2.75) is 6.92 Å². The van der Waals surface area contributed by atoms with E-state index >= 15 is 0 Å². The molecule has 0 aliphatic rings. The standard InChI is InChI=1S/C25H21FN4O2/c1-2-32-23-12-10-21(11-13-23)29-24(31)17-6-8-22(9-7-17)30-25-27-15-19(16-28-25)18-4-3-5-20(26)14-18/h3-16H,2H2,1H3,(H,29,31)(H,27,28,30). The van der Waals surface area contributed by atoms with Crippen molar-refractivity contribution >= 4 is 23.2 Å². The van der Waals surface area contributed by atoms with Crippen molar-refractivity contribution in [3.8, 4) is 16.9 Å². The van der Waals surface area contributed by atoms with Gasteiger partial charge in [-0.15, -0.1) is 0 Å². The topological polar surface area (TPSA) is 76.1 Å². The number of nitrogens with zero attached hydrogens (tertiary/aromatic N) is 2. The third-order valence-corrected chi connectivity index (χ3v) is 4.64. The van der Waals surface area contributed by atoms with Crippen LogP contribution in [-0.4, -0.2) is 22.5 Å². The number of nitrogens with one attached hydrogen (secondary N) is 2. The number of ether oxygens (including phenoxy) is 1. The summed E-state index contributed by atoms with van der Waals surface area (Å²) in [5.41, 5.74) is 3.37. The summed E-state index contributed by atoms with van der Waals surface area (Å²) in [7, 11) is 0. The first-order chi connectivity index (χ1) is 15.6.